The van der Waals surface area contributed by atoms with Crippen molar-refractivity contribution < 1.29 is 14.5 Å². The normalized spacial score (nSPS) is 10.8. The van der Waals surface area contributed by atoms with Crippen molar-refractivity contribution >= 4 is 23.7 Å². The number of benzene rings is 1. The average molecular weight is 193 g/mol. The summed E-state index contributed by atoms with van der Waals surface area (Å²) in [6.45, 7) is 0. The summed E-state index contributed by atoms with van der Waals surface area (Å²) in [5.41, 5.74) is 1.30. The summed E-state index contributed by atoms with van der Waals surface area (Å²) in [5, 5.41) is 17.8. The number of oxazole rings is 1. The molecular formula is C8H8BNO4. The van der Waals surface area contributed by atoms with Gasteiger partial charge < -0.3 is 14.5 Å². The van der Waals surface area contributed by atoms with Gasteiger partial charge in [0.2, 0.25) is 0 Å². The van der Waals surface area contributed by atoms with E-state index in [1.165, 1.54) is 22.8 Å². The number of nitrogens with zero attached hydrogens (tertiary/aromatic N) is 1. The van der Waals surface area contributed by atoms with Crippen LogP contribution in [0.15, 0.2) is 27.4 Å². The lowest BCUT2D eigenvalue weighted by molar-refractivity contribution is 0.426. The molecule has 14 heavy (non-hydrogen) atoms. The van der Waals surface area contributed by atoms with E-state index in [0.717, 1.165) is 0 Å². The van der Waals surface area contributed by atoms with Crippen LogP contribution < -0.4 is 11.2 Å². The van der Waals surface area contributed by atoms with E-state index in [4.69, 9.17) is 14.5 Å². The molecule has 1 heterocycles. The Kier molecular flexibility index (Phi) is 1.94. The summed E-state index contributed by atoms with van der Waals surface area (Å²) < 4.78 is 6.18. The van der Waals surface area contributed by atoms with Gasteiger partial charge in [-0.2, -0.15) is 0 Å². The van der Waals surface area contributed by atoms with Crippen molar-refractivity contribution in [1.29, 1.82) is 0 Å². The lowest BCUT2D eigenvalue weighted by Crippen LogP contribution is -2.29. The van der Waals surface area contributed by atoms with Crippen molar-refractivity contribution in [2.24, 2.45) is 7.05 Å². The highest BCUT2D eigenvalue weighted by Gasteiger charge is 2.13. The van der Waals surface area contributed by atoms with Crippen LogP contribution in [0.25, 0.3) is 11.1 Å². The van der Waals surface area contributed by atoms with Gasteiger partial charge in [-0.15, -0.1) is 0 Å². The van der Waals surface area contributed by atoms with Crippen LogP contribution >= 0.6 is 0 Å². The number of hydrogen-bond donors (Lipinski definition) is 2. The summed E-state index contributed by atoms with van der Waals surface area (Å²) in [6.07, 6.45) is 0. The molecule has 0 atom stereocenters. The standard InChI is InChI=1S/C8H8BNO4/c1-10-6-4-5(9(12)13)2-3-7(6)14-8(10)11/h2-4,12-13H,1H3. The second kappa shape index (κ2) is 3.00. The van der Waals surface area contributed by atoms with Crippen LogP contribution in [0.1, 0.15) is 0 Å². The Balaban J connectivity index is 2.76. The maximum absolute atomic E-state index is 11.1. The molecule has 2 aromatic rings. The van der Waals surface area contributed by atoms with Gasteiger partial charge in [-0.3, -0.25) is 4.57 Å². The Morgan fingerprint density at radius 2 is 2.14 bits per heavy atom. The third kappa shape index (κ3) is 1.25. The average Bonchev–Trinajstić information content (AvgIpc) is 2.43. The van der Waals surface area contributed by atoms with Gasteiger partial charge in [-0.05, 0) is 17.6 Å². The third-order valence-corrected chi connectivity index (χ3v) is 2.11. The van der Waals surface area contributed by atoms with E-state index >= 15 is 0 Å². The Labute approximate surface area is 79.3 Å². The molecule has 1 aromatic carbocycles. The molecule has 0 spiro atoms. The Hall–Kier alpha value is -1.53. The van der Waals surface area contributed by atoms with E-state index in [1.807, 2.05) is 0 Å². The summed E-state index contributed by atoms with van der Waals surface area (Å²) in [4.78, 5) is 11.1. The van der Waals surface area contributed by atoms with E-state index in [9.17, 15) is 4.79 Å². The largest absolute Gasteiger partial charge is 0.488 e. The van der Waals surface area contributed by atoms with Crippen LogP contribution in [-0.2, 0) is 7.05 Å². The van der Waals surface area contributed by atoms with Gasteiger partial charge in [0.25, 0.3) is 0 Å². The topological polar surface area (TPSA) is 75.6 Å². The van der Waals surface area contributed by atoms with Crippen molar-refractivity contribution in [3.05, 3.63) is 28.7 Å². The molecule has 0 saturated heterocycles. The zero-order valence-corrected chi connectivity index (χ0v) is 7.47. The fourth-order valence-electron chi connectivity index (χ4n) is 1.30. The molecule has 0 saturated carbocycles. The molecule has 5 nitrogen and oxygen atoms in total. The zero-order valence-electron chi connectivity index (χ0n) is 7.47. The molecule has 0 aliphatic heterocycles. The van der Waals surface area contributed by atoms with Gasteiger partial charge in [0.15, 0.2) is 5.58 Å². The molecule has 2 N–H and O–H groups in total. The van der Waals surface area contributed by atoms with Gasteiger partial charge in [-0.25, -0.2) is 4.79 Å². The lowest BCUT2D eigenvalue weighted by Gasteiger charge is -1.98. The number of aryl methyl sites for hydroxylation is 1. The number of fused-ring (bicyclic) bond motifs is 1. The summed E-state index contributed by atoms with van der Waals surface area (Å²) in [6, 6.07) is 4.53. The minimum absolute atomic E-state index is 0.328. The van der Waals surface area contributed by atoms with Gasteiger partial charge in [0.05, 0.1) is 5.52 Å². The van der Waals surface area contributed by atoms with E-state index < -0.39 is 12.9 Å². The fourth-order valence-corrected chi connectivity index (χ4v) is 1.30. The van der Waals surface area contributed by atoms with Crippen LogP contribution in [0, 0.1) is 0 Å². The highest BCUT2D eigenvalue weighted by Crippen LogP contribution is 2.08. The predicted octanol–water partition coefficient (Wildman–Crippen LogP) is -1.19. The Morgan fingerprint density at radius 3 is 2.79 bits per heavy atom. The van der Waals surface area contributed by atoms with E-state index in [-0.39, 0.29) is 0 Å². The highest BCUT2D eigenvalue weighted by atomic mass is 16.4. The van der Waals surface area contributed by atoms with Crippen molar-refractivity contribution in [2.75, 3.05) is 0 Å². The minimum atomic E-state index is -1.54. The van der Waals surface area contributed by atoms with Gasteiger partial charge in [0.1, 0.15) is 0 Å². The minimum Gasteiger partial charge on any atom is -0.423 e. The maximum atomic E-state index is 11.1. The quantitative estimate of drug-likeness (QED) is 0.558. The summed E-state index contributed by atoms with van der Waals surface area (Å²) >= 11 is 0. The van der Waals surface area contributed by atoms with Crippen LogP contribution in [0.5, 0.6) is 0 Å². The van der Waals surface area contributed by atoms with Gasteiger partial charge in [0, 0.05) is 7.05 Å². The van der Waals surface area contributed by atoms with E-state index in [2.05, 4.69) is 0 Å². The molecule has 2 rings (SSSR count). The van der Waals surface area contributed by atoms with Crippen molar-refractivity contribution in [1.82, 2.24) is 4.57 Å². The molecule has 1 aromatic heterocycles. The molecular weight excluding hydrogens is 185 g/mol. The maximum Gasteiger partial charge on any atom is 0.488 e. The second-order valence-corrected chi connectivity index (χ2v) is 3.03. The monoisotopic (exact) mass is 193 g/mol. The number of aromatic nitrogens is 1. The van der Waals surface area contributed by atoms with Crippen LogP contribution in [-0.4, -0.2) is 21.7 Å². The molecule has 0 amide bonds. The van der Waals surface area contributed by atoms with Crippen LogP contribution in [0.2, 0.25) is 0 Å². The first-order valence-corrected chi connectivity index (χ1v) is 4.05. The molecule has 6 heteroatoms. The molecule has 0 fully saturated rings. The zero-order chi connectivity index (χ0) is 10.3. The highest BCUT2D eigenvalue weighted by molar-refractivity contribution is 6.58. The summed E-state index contributed by atoms with van der Waals surface area (Å²) in [5.74, 6) is -0.468. The van der Waals surface area contributed by atoms with Crippen LogP contribution in [0.3, 0.4) is 0 Å². The van der Waals surface area contributed by atoms with Gasteiger partial charge in [-0.1, -0.05) is 6.07 Å². The SMILES string of the molecule is Cn1c(=O)oc2ccc(B(O)O)cc21. The van der Waals surface area contributed by atoms with E-state index in [1.54, 1.807) is 7.05 Å². The molecule has 0 bridgehead atoms. The Morgan fingerprint density at radius 1 is 1.43 bits per heavy atom. The second-order valence-electron chi connectivity index (χ2n) is 3.03. The molecule has 0 aliphatic carbocycles. The van der Waals surface area contributed by atoms with Crippen molar-refractivity contribution in [2.45, 2.75) is 0 Å². The molecule has 0 unspecified atom stereocenters. The van der Waals surface area contributed by atoms with E-state index in [0.29, 0.717) is 16.6 Å². The Bertz CT molecular complexity index is 528. The first kappa shape index (κ1) is 9.05. The third-order valence-electron chi connectivity index (χ3n) is 2.11. The van der Waals surface area contributed by atoms with Crippen LogP contribution in [0.4, 0.5) is 0 Å². The van der Waals surface area contributed by atoms with Gasteiger partial charge >= 0.3 is 12.9 Å². The molecule has 0 radical (unpaired) electrons. The van der Waals surface area contributed by atoms with Crippen molar-refractivity contribution in [3.63, 3.8) is 0 Å². The number of rotatable bonds is 1. The first-order chi connectivity index (χ1) is 6.59. The molecule has 72 valence electrons. The smallest absolute Gasteiger partial charge is 0.423 e. The van der Waals surface area contributed by atoms with Crippen molar-refractivity contribution in [3.8, 4) is 0 Å². The number of hydrogen-bond acceptors (Lipinski definition) is 4. The lowest BCUT2D eigenvalue weighted by atomic mass is 9.80. The fraction of sp³-hybridized carbons (Fsp3) is 0.125. The predicted molar refractivity (Wildman–Crippen MR) is 51.3 cm³/mol. The first-order valence-electron chi connectivity index (χ1n) is 4.05. The summed E-state index contributed by atoms with van der Waals surface area (Å²) in [7, 11) is 0.0197. The molecule has 0 aliphatic rings.